The van der Waals surface area contributed by atoms with E-state index in [2.05, 4.69) is 15.5 Å². The molecule has 0 atom stereocenters. The summed E-state index contributed by atoms with van der Waals surface area (Å²) >= 11 is 7.30. The molecule has 0 aliphatic rings. The number of benzene rings is 2. The van der Waals surface area contributed by atoms with Crippen molar-refractivity contribution in [3.05, 3.63) is 81.1 Å². The van der Waals surface area contributed by atoms with Crippen molar-refractivity contribution in [2.24, 2.45) is 0 Å². The Bertz CT molecular complexity index is 953. The maximum Gasteiger partial charge on any atom is 0.282 e. The number of nitrogens with one attached hydrogen (secondary N) is 1. The number of carbonyl (C=O) groups excluding carboxylic acids is 1. The summed E-state index contributed by atoms with van der Waals surface area (Å²) in [7, 11) is 0. The van der Waals surface area contributed by atoms with Crippen LogP contribution in [0.4, 0.5) is 4.39 Å². The number of hydrogen-bond donors (Lipinski definition) is 1. The predicted octanol–water partition coefficient (Wildman–Crippen LogP) is 4.65. The lowest BCUT2D eigenvalue weighted by atomic mass is 10.1. The number of halogens is 2. The molecule has 26 heavy (non-hydrogen) atoms. The maximum atomic E-state index is 13.2. The highest BCUT2D eigenvalue weighted by Crippen LogP contribution is 2.25. The fraction of sp³-hybridized carbons (Fsp3) is 0.105. The van der Waals surface area contributed by atoms with Gasteiger partial charge < -0.3 is 5.32 Å². The molecular formula is C19H15ClFN3OS. The fourth-order valence-electron chi connectivity index (χ4n) is 2.18. The van der Waals surface area contributed by atoms with Gasteiger partial charge in [-0.05, 0) is 36.3 Å². The summed E-state index contributed by atoms with van der Waals surface area (Å²) in [5.41, 5.74) is 2.77. The van der Waals surface area contributed by atoms with E-state index in [9.17, 15) is 9.18 Å². The third-order valence-corrected chi connectivity index (χ3v) is 4.89. The van der Waals surface area contributed by atoms with Crippen molar-refractivity contribution in [3.63, 3.8) is 0 Å². The Morgan fingerprint density at radius 1 is 1.19 bits per heavy atom. The molecule has 1 amide bonds. The number of rotatable bonds is 5. The highest BCUT2D eigenvalue weighted by molar-refractivity contribution is 7.15. The zero-order valence-corrected chi connectivity index (χ0v) is 15.4. The highest BCUT2D eigenvalue weighted by atomic mass is 35.5. The minimum absolute atomic E-state index is 0.220. The van der Waals surface area contributed by atoms with Gasteiger partial charge in [0.2, 0.25) is 5.01 Å². The monoisotopic (exact) mass is 387 g/mol. The second-order valence-corrected chi connectivity index (χ2v) is 7.01. The van der Waals surface area contributed by atoms with Crippen LogP contribution in [0.25, 0.3) is 11.1 Å². The summed E-state index contributed by atoms with van der Waals surface area (Å²) in [6.07, 6.45) is 1.58. The van der Waals surface area contributed by atoms with Crippen LogP contribution in [-0.4, -0.2) is 16.1 Å². The van der Waals surface area contributed by atoms with E-state index < -0.39 is 0 Å². The number of aryl methyl sites for hydroxylation is 1. The van der Waals surface area contributed by atoms with Gasteiger partial charge >= 0.3 is 0 Å². The van der Waals surface area contributed by atoms with Gasteiger partial charge in [-0.1, -0.05) is 64.9 Å². The molecular weight excluding hydrogens is 373 g/mol. The predicted molar refractivity (Wildman–Crippen MR) is 102 cm³/mol. The van der Waals surface area contributed by atoms with E-state index >= 15 is 0 Å². The number of hydrogen-bond acceptors (Lipinski definition) is 4. The lowest BCUT2D eigenvalue weighted by molar-refractivity contribution is 0.0950. The highest BCUT2D eigenvalue weighted by Gasteiger charge is 2.14. The Morgan fingerprint density at radius 3 is 2.65 bits per heavy atom. The molecule has 132 valence electrons. The fourth-order valence-corrected chi connectivity index (χ4v) is 3.13. The van der Waals surface area contributed by atoms with Crippen molar-refractivity contribution >= 4 is 40.0 Å². The second kappa shape index (κ2) is 8.21. The first kappa shape index (κ1) is 18.2. The molecule has 2 aromatic carbocycles. The van der Waals surface area contributed by atoms with Gasteiger partial charge in [-0.15, -0.1) is 10.2 Å². The molecule has 4 nitrogen and oxygen atoms in total. The quantitative estimate of drug-likeness (QED) is 0.693. The van der Waals surface area contributed by atoms with Gasteiger partial charge in [0.05, 0.1) is 5.03 Å². The summed E-state index contributed by atoms with van der Waals surface area (Å²) in [5, 5.41) is 11.5. The summed E-state index contributed by atoms with van der Waals surface area (Å²) in [6, 6.07) is 13.9. The van der Waals surface area contributed by atoms with Crippen molar-refractivity contribution in [2.75, 3.05) is 0 Å². The first-order chi connectivity index (χ1) is 12.5. The maximum absolute atomic E-state index is 13.2. The molecule has 0 fully saturated rings. The summed E-state index contributed by atoms with van der Waals surface area (Å²) in [4.78, 5) is 12.2. The largest absolute Gasteiger partial charge is 0.346 e. The van der Waals surface area contributed by atoms with Crippen LogP contribution in [0.1, 0.15) is 31.5 Å². The Hall–Kier alpha value is -2.57. The molecule has 0 spiro atoms. The molecule has 7 heteroatoms. The molecule has 1 aromatic heterocycles. The molecule has 1 heterocycles. The van der Waals surface area contributed by atoms with Crippen LogP contribution < -0.4 is 5.32 Å². The second-order valence-electron chi connectivity index (χ2n) is 5.63. The summed E-state index contributed by atoms with van der Waals surface area (Å²) in [6.45, 7) is 2.41. The van der Waals surface area contributed by atoms with Gasteiger partial charge in [-0.3, -0.25) is 4.79 Å². The molecule has 0 bridgehead atoms. The Labute approximate surface area is 159 Å². The third kappa shape index (κ3) is 4.74. The van der Waals surface area contributed by atoms with Gasteiger partial charge in [0.25, 0.3) is 5.91 Å². The topological polar surface area (TPSA) is 54.9 Å². The number of carbonyl (C=O) groups is 1. The molecule has 1 N–H and O–H groups in total. The van der Waals surface area contributed by atoms with E-state index in [0.717, 1.165) is 22.5 Å². The Balaban J connectivity index is 1.66. The molecule has 0 radical (unpaired) electrons. The first-order valence-corrected chi connectivity index (χ1v) is 9.01. The average Bonchev–Trinajstić information content (AvgIpc) is 3.11. The van der Waals surface area contributed by atoms with Crippen LogP contribution in [0.15, 0.2) is 48.5 Å². The van der Waals surface area contributed by atoms with Crippen LogP contribution in [0.2, 0.25) is 0 Å². The molecule has 0 unspecified atom stereocenters. The molecule has 3 aromatic rings. The van der Waals surface area contributed by atoms with E-state index in [1.165, 1.54) is 12.1 Å². The van der Waals surface area contributed by atoms with Gasteiger partial charge in [0.1, 0.15) is 5.82 Å². The van der Waals surface area contributed by atoms with E-state index in [4.69, 9.17) is 11.6 Å². The SMILES string of the molecule is Cc1ccc(CNC(=O)c2nnc(/C(Cl)=C/c3cccc(F)c3)s2)cc1. The van der Waals surface area contributed by atoms with Crippen molar-refractivity contribution in [3.8, 4) is 0 Å². The molecule has 3 rings (SSSR count). The molecule has 0 aliphatic heterocycles. The lowest BCUT2D eigenvalue weighted by Crippen LogP contribution is -2.22. The van der Waals surface area contributed by atoms with Crippen LogP contribution in [0, 0.1) is 12.7 Å². The van der Waals surface area contributed by atoms with Crippen LogP contribution in [-0.2, 0) is 6.54 Å². The number of aromatic nitrogens is 2. The minimum atomic E-state index is -0.350. The van der Waals surface area contributed by atoms with Crippen LogP contribution in [0.5, 0.6) is 0 Å². The summed E-state index contributed by atoms with van der Waals surface area (Å²) in [5.74, 6) is -0.666. The van der Waals surface area contributed by atoms with Gasteiger partial charge in [0, 0.05) is 6.54 Å². The minimum Gasteiger partial charge on any atom is -0.346 e. The standard InChI is InChI=1S/C19H15ClFN3OS/c1-12-5-7-13(8-6-12)11-22-17(25)19-24-23-18(26-19)16(20)10-14-3-2-4-15(21)9-14/h2-10H,11H2,1H3,(H,22,25)/b16-10-. The zero-order chi connectivity index (χ0) is 18.5. The van der Waals surface area contributed by atoms with Crippen LogP contribution >= 0.6 is 22.9 Å². The van der Waals surface area contributed by atoms with Crippen molar-refractivity contribution < 1.29 is 9.18 Å². The Morgan fingerprint density at radius 2 is 1.92 bits per heavy atom. The van der Waals surface area contributed by atoms with Gasteiger partial charge in [0.15, 0.2) is 5.01 Å². The Kier molecular flexibility index (Phi) is 5.75. The average molecular weight is 388 g/mol. The summed E-state index contributed by atoms with van der Waals surface area (Å²) < 4.78 is 13.2. The molecule has 0 saturated heterocycles. The zero-order valence-electron chi connectivity index (χ0n) is 13.9. The number of amides is 1. The van der Waals surface area contributed by atoms with Crippen molar-refractivity contribution in [1.82, 2.24) is 15.5 Å². The van der Waals surface area contributed by atoms with Crippen LogP contribution in [0.3, 0.4) is 0 Å². The van der Waals surface area contributed by atoms with E-state index in [0.29, 0.717) is 22.1 Å². The van der Waals surface area contributed by atoms with E-state index in [1.807, 2.05) is 31.2 Å². The number of nitrogens with zero attached hydrogens (tertiary/aromatic N) is 2. The smallest absolute Gasteiger partial charge is 0.282 e. The van der Waals surface area contributed by atoms with Crippen molar-refractivity contribution in [1.29, 1.82) is 0 Å². The van der Waals surface area contributed by atoms with Crippen molar-refractivity contribution in [2.45, 2.75) is 13.5 Å². The lowest BCUT2D eigenvalue weighted by Gasteiger charge is -2.03. The molecule has 0 saturated carbocycles. The van der Waals surface area contributed by atoms with E-state index in [-0.39, 0.29) is 16.7 Å². The van der Waals surface area contributed by atoms with E-state index in [1.54, 1.807) is 18.2 Å². The van der Waals surface area contributed by atoms with Gasteiger partial charge in [-0.25, -0.2) is 4.39 Å². The normalized spacial score (nSPS) is 11.4. The third-order valence-electron chi connectivity index (χ3n) is 3.54. The molecule has 0 aliphatic carbocycles. The van der Waals surface area contributed by atoms with Gasteiger partial charge in [-0.2, -0.15) is 0 Å². The first-order valence-electron chi connectivity index (χ1n) is 7.81.